The third-order valence-electron chi connectivity index (χ3n) is 14.5. The maximum atomic E-state index is 16.4. The smallest absolute Gasteiger partial charge is 0.235 e. The van der Waals surface area contributed by atoms with Crippen molar-refractivity contribution >= 4 is 17.5 Å². The average molecular weight is 850 g/mol. The van der Waals surface area contributed by atoms with Crippen LogP contribution in [0.15, 0.2) is 114 Å². The molecule has 2 aliphatic carbocycles. The summed E-state index contributed by atoms with van der Waals surface area (Å²) in [6.45, 7) is 13.0. The summed E-state index contributed by atoms with van der Waals surface area (Å²) < 4.78 is 27.5. The quantitative estimate of drug-likeness (QED) is 0.113. The predicted octanol–water partition coefficient (Wildman–Crippen LogP) is 9.69. The lowest BCUT2D eigenvalue weighted by Crippen LogP contribution is -2.56. The van der Waals surface area contributed by atoms with E-state index < -0.39 is 47.3 Å². The van der Waals surface area contributed by atoms with Crippen molar-refractivity contribution in [2.45, 2.75) is 105 Å². The monoisotopic (exact) mass is 849 g/mol. The molecule has 1 amide bonds. The molecule has 63 heavy (non-hydrogen) atoms. The van der Waals surface area contributed by atoms with Gasteiger partial charge in [-0.15, -0.1) is 0 Å². The van der Waals surface area contributed by atoms with Gasteiger partial charge in [0.25, 0.3) is 0 Å². The van der Waals surface area contributed by atoms with Gasteiger partial charge in [0.15, 0.2) is 23.1 Å². The number of aliphatic hydroxyl groups excluding tert-OH is 1. The van der Waals surface area contributed by atoms with Gasteiger partial charge in [-0.25, -0.2) is 0 Å². The number of benzene rings is 4. The van der Waals surface area contributed by atoms with Crippen molar-refractivity contribution in [2.24, 2.45) is 40.9 Å². The lowest BCUT2D eigenvalue weighted by Gasteiger charge is -2.47. The maximum Gasteiger partial charge on any atom is 0.235 e. The van der Waals surface area contributed by atoms with Crippen LogP contribution >= 0.6 is 0 Å². The first-order valence-electron chi connectivity index (χ1n) is 22.7. The summed E-state index contributed by atoms with van der Waals surface area (Å²) in [4.78, 5) is 46.5. The number of aliphatic hydroxyl groups is 1. The van der Waals surface area contributed by atoms with E-state index in [-0.39, 0.29) is 61.7 Å². The molecular formula is C54H59NO8. The Hall–Kier alpha value is -5.51. The number of fused-ring (bicyclic) bond motifs is 8. The largest absolute Gasteiger partial charge is 0.485 e. The van der Waals surface area contributed by atoms with Gasteiger partial charge in [0.05, 0.1) is 24.0 Å². The molecule has 9 rings (SSSR count). The molecule has 1 unspecified atom stereocenters. The summed E-state index contributed by atoms with van der Waals surface area (Å²) in [5, 5.41) is 15.1. The topological polar surface area (TPSA) is 120 Å². The van der Waals surface area contributed by atoms with Gasteiger partial charge in [0.1, 0.15) is 31.3 Å². The van der Waals surface area contributed by atoms with Crippen LogP contribution in [0.25, 0.3) is 0 Å². The molecule has 4 aromatic rings. The Morgan fingerprint density at radius 3 is 1.84 bits per heavy atom. The zero-order valence-electron chi connectivity index (χ0n) is 37.1. The van der Waals surface area contributed by atoms with Crippen LogP contribution in [0.5, 0.6) is 17.2 Å². The van der Waals surface area contributed by atoms with Gasteiger partial charge in [-0.3, -0.25) is 14.4 Å². The number of nitrogens with one attached hydrogen (secondary N) is 1. The molecule has 328 valence electrons. The highest BCUT2D eigenvalue weighted by molar-refractivity contribution is 6.12. The van der Waals surface area contributed by atoms with Crippen molar-refractivity contribution in [3.63, 3.8) is 0 Å². The third-order valence-corrected chi connectivity index (χ3v) is 14.5. The van der Waals surface area contributed by atoms with E-state index >= 15 is 14.4 Å². The van der Waals surface area contributed by atoms with Crippen LogP contribution in [0.4, 0.5) is 0 Å². The molecule has 0 aromatic heterocycles. The number of ether oxygens (including phenoxy) is 4. The average Bonchev–Trinajstić information content (AvgIpc) is 3.94. The number of allylic oxidation sites excluding steroid dienone is 4. The first-order valence-corrected chi connectivity index (χ1v) is 22.7. The Kier molecular flexibility index (Phi) is 11.7. The van der Waals surface area contributed by atoms with E-state index in [1.165, 1.54) is 0 Å². The van der Waals surface area contributed by atoms with E-state index in [2.05, 4.69) is 45.2 Å². The first kappa shape index (κ1) is 42.8. The van der Waals surface area contributed by atoms with Crippen LogP contribution in [-0.4, -0.2) is 34.7 Å². The normalized spacial score (nSPS) is 30.5. The molecular weight excluding hydrogens is 791 g/mol. The van der Waals surface area contributed by atoms with Gasteiger partial charge in [0, 0.05) is 29.0 Å². The number of carbonyl (C=O) groups excluding carboxylic acids is 3. The third kappa shape index (κ3) is 7.41. The molecule has 0 saturated carbocycles. The van der Waals surface area contributed by atoms with Gasteiger partial charge in [-0.1, -0.05) is 135 Å². The summed E-state index contributed by atoms with van der Waals surface area (Å²) in [5.74, 6) is -2.72. The van der Waals surface area contributed by atoms with Crippen molar-refractivity contribution in [1.82, 2.24) is 5.32 Å². The number of carbonyl (C=O) groups is 3. The zero-order chi connectivity index (χ0) is 44.2. The van der Waals surface area contributed by atoms with Crippen LogP contribution in [0.3, 0.4) is 0 Å². The highest BCUT2D eigenvalue weighted by atomic mass is 16.5. The molecule has 2 saturated heterocycles. The van der Waals surface area contributed by atoms with Crippen molar-refractivity contribution in [3.05, 3.63) is 148 Å². The standard InChI is InChI=1S/C54H59NO8/c1-30(2)24-39-45-33(5)32(4)26-38-25-31(3)22-23-40(56)46(57)42-44(52(58)54(38,45)53(59)55-39)48-41-34(6)47(60-27-35-16-10-7-11-17-35)51(62-29-37-20-14-9-15-21-37)50(43(41)49(42)63-48)61-28-36-18-12-8-13-19-36/h7-21,25-26,30,33,38-40,42,44-45,48-49,56H,22-24,27-29H2,1-6H3,(H,55,59)/b31-25+/t33-,38+,39+,40-,42-,44+,45?,48+,49+,54+/m1/s1. The second kappa shape index (κ2) is 17.2. The summed E-state index contributed by atoms with van der Waals surface area (Å²) in [6.07, 6.45) is 2.25. The lowest BCUT2D eigenvalue weighted by atomic mass is 9.51. The summed E-state index contributed by atoms with van der Waals surface area (Å²) in [7, 11) is 0. The Bertz CT molecular complexity index is 2440. The van der Waals surface area contributed by atoms with E-state index in [1.54, 1.807) is 0 Å². The molecule has 2 bridgehead atoms. The van der Waals surface area contributed by atoms with E-state index in [4.69, 9.17) is 18.9 Å². The zero-order valence-corrected chi connectivity index (χ0v) is 37.1. The Balaban J connectivity index is 1.25. The summed E-state index contributed by atoms with van der Waals surface area (Å²) in [5.41, 5.74) is 5.40. The molecule has 9 heteroatoms. The Labute approximate surface area is 370 Å². The maximum absolute atomic E-state index is 16.4. The molecule has 2 N–H and O–H groups in total. The molecule has 0 radical (unpaired) electrons. The molecule has 4 aromatic carbocycles. The fourth-order valence-electron chi connectivity index (χ4n) is 11.5. The van der Waals surface area contributed by atoms with Crippen LogP contribution in [0.1, 0.15) is 99.5 Å². The number of hydrogen-bond acceptors (Lipinski definition) is 8. The van der Waals surface area contributed by atoms with E-state index in [1.807, 2.05) is 105 Å². The van der Waals surface area contributed by atoms with Gasteiger partial charge in [-0.05, 0) is 74.1 Å². The molecule has 9 nitrogen and oxygen atoms in total. The fourth-order valence-corrected chi connectivity index (χ4v) is 11.5. The Morgan fingerprint density at radius 2 is 1.27 bits per heavy atom. The highest BCUT2D eigenvalue weighted by Gasteiger charge is 2.71. The number of ketones is 2. The molecule has 3 heterocycles. The van der Waals surface area contributed by atoms with Crippen molar-refractivity contribution < 1.29 is 38.4 Å². The molecule has 1 spiro atoms. The van der Waals surface area contributed by atoms with E-state index in [9.17, 15) is 5.11 Å². The first-order chi connectivity index (χ1) is 30.4. The number of Topliss-reactive ketones (excluding diaryl/α,β-unsaturated/α-hetero) is 2. The second-order valence-electron chi connectivity index (χ2n) is 19.0. The summed E-state index contributed by atoms with van der Waals surface area (Å²) >= 11 is 0. The lowest BCUT2D eigenvalue weighted by molar-refractivity contribution is -0.152. The molecule has 3 aliphatic heterocycles. The van der Waals surface area contributed by atoms with Gasteiger partial charge in [-0.2, -0.15) is 0 Å². The van der Waals surface area contributed by atoms with Gasteiger partial charge < -0.3 is 29.4 Å². The van der Waals surface area contributed by atoms with Crippen LogP contribution < -0.4 is 19.5 Å². The van der Waals surface area contributed by atoms with Crippen molar-refractivity contribution in [3.8, 4) is 17.2 Å². The molecule has 10 atom stereocenters. The Morgan fingerprint density at radius 1 is 0.730 bits per heavy atom. The minimum atomic E-state index is -1.50. The number of hydrogen-bond donors (Lipinski definition) is 2. The van der Waals surface area contributed by atoms with Crippen LogP contribution in [-0.2, 0) is 38.9 Å². The molecule has 2 fully saturated rings. The minimum Gasteiger partial charge on any atom is -0.485 e. The highest BCUT2D eigenvalue weighted by Crippen LogP contribution is 2.67. The molecule has 5 aliphatic rings. The van der Waals surface area contributed by atoms with Crippen molar-refractivity contribution in [1.29, 1.82) is 0 Å². The SMILES string of the molecule is CC1=C[C@@H]2/C=C(\C)CC[C@@H](O)C(=O)[C@H]3[C@H](C(=O)[C@]24C(=O)N[C@@H](CC(C)C)C4[C@@H]1C)[C@H]1O[C@@H]3c2c(OCc3ccccc3)c(OCc3ccccc3)c(OCc3ccccc3)c(C)c21. The van der Waals surface area contributed by atoms with Gasteiger partial charge >= 0.3 is 0 Å². The summed E-state index contributed by atoms with van der Waals surface area (Å²) in [6, 6.07) is 29.3. The minimum absolute atomic E-state index is 0.0830. The van der Waals surface area contributed by atoms with Crippen LogP contribution in [0.2, 0.25) is 0 Å². The number of amides is 1. The van der Waals surface area contributed by atoms with E-state index in [0.29, 0.717) is 46.8 Å². The van der Waals surface area contributed by atoms with E-state index in [0.717, 1.165) is 27.8 Å². The fraction of sp³-hybridized carbons (Fsp3) is 0.426. The van der Waals surface area contributed by atoms with Crippen molar-refractivity contribution in [2.75, 3.05) is 0 Å². The van der Waals surface area contributed by atoms with Gasteiger partial charge in [0.2, 0.25) is 11.7 Å². The van der Waals surface area contributed by atoms with Crippen LogP contribution in [0, 0.1) is 47.8 Å². The predicted molar refractivity (Wildman–Crippen MR) is 240 cm³/mol. The number of rotatable bonds is 11. The second-order valence-corrected chi connectivity index (χ2v) is 19.0.